The van der Waals surface area contributed by atoms with Crippen molar-refractivity contribution in [2.45, 2.75) is 78.2 Å². The molecule has 0 N–H and O–H groups in total. The molecule has 5 heteroatoms. The minimum absolute atomic E-state index is 0.0207. The van der Waals surface area contributed by atoms with Gasteiger partial charge in [-0.15, -0.1) is 0 Å². The Kier molecular flexibility index (Phi) is 9.68. The third-order valence-electron chi connectivity index (χ3n) is 5.59. The lowest BCUT2D eigenvalue weighted by Crippen LogP contribution is -2.47. The van der Waals surface area contributed by atoms with Crippen molar-refractivity contribution < 1.29 is 17.3 Å². The average Bonchev–Trinajstić information content (AvgIpc) is 2.55. The summed E-state index contributed by atoms with van der Waals surface area (Å²) < 4.78 is 34.6. The Bertz CT molecular complexity index is 496. The van der Waals surface area contributed by atoms with Gasteiger partial charge < -0.3 is 4.74 Å². The number of ether oxygens (including phenoxy) is 1. The third kappa shape index (κ3) is 7.40. The van der Waals surface area contributed by atoms with Gasteiger partial charge in [-0.1, -0.05) is 58.6 Å². The van der Waals surface area contributed by atoms with Crippen LogP contribution in [-0.2, 0) is 19.0 Å². The minimum atomic E-state index is -3.50. The molecule has 0 aromatic heterocycles. The zero-order valence-corrected chi connectivity index (χ0v) is 17.6. The van der Waals surface area contributed by atoms with Gasteiger partial charge in [0.1, 0.15) is 0 Å². The largest absolute Gasteiger partial charge is 0.381 e. The number of rotatable bonds is 11. The quantitative estimate of drug-likeness (QED) is 0.292. The first kappa shape index (κ1) is 22.7. The molecule has 1 rings (SSSR count). The van der Waals surface area contributed by atoms with Gasteiger partial charge in [0.05, 0.1) is 19.0 Å². The normalized spacial score (nSPS) is 27.0. The van der Waals surface area contributed by atoms with E-state index in [1.807, 2.05) is 0 Å². The summed E-state index contributed by atoms with van der Waals surface area (Å²) in [5.74, 6) is 0.199. The molecule has 0 bridgehead atoms. The number of allylic oxidation sites excluding steroid dienone is 2. The van der Waals surface area contributed by atoms with Crippen LogP contribution < -0.4 is 0 Å². The molecule has 1 aliphatic rings. The summed E-state index contributed by atoms with van der Waals surface area (Å²) in [5, 5.41) is 0. The summed E-state index contributed by atoms with van der Waals surface area (Å²) in [4.78, 5) is 0. The molecule has 4 nitrogen and oxygen atoms in total. The highest BCUT2D eigenvalue weighted by molar-refractivity contribution is 7.86. The zero-order valence-electron chi connectivity index (χ0n) is 16.8. The molecule has 0 amide bonds. The summed E-state index contributed by atoms with van der Waals surface area (Å²) in [6.07, 6.45) is 13.9. The number of hydrogen-bond donors (Lipinski definition) is 0. The highest BCUT2D eigenvalue weighted by atomic mass is 32.2. The van der Waals surface area contributed by atoms with E-state index in [4.69, 9.17) is 8.92 Å². The van der Waals surface area contributed by atoms with E-state index in [9.17, 15) is 8.42 Å². The maximum atomic E-state index is 12.1. The number of unbranched alkanes of at least 4 members (excludes halogenated alkanes) is 5. The Morgan fingerprint density at radius 1 is 1.12 bits per heavy atom. The molecule has 0 saturated heterocycles. The van der Waals surface area contributed by atoms with Crippen LogP contribution in [0.5, 0.6) is 0 Å². The second-order valence-corrected chi connectivity index (χ2v) is 9.82. The fraction of sp³-hybridized carbons (Fsp3) is 0.900. The van der Waals surface area contributed by atoms with Crippen molar-refractivity contribution in [2.75, 3.05) is 20.0 Å². The molecule has 0 aromatic carbocycles. The Balaban J connectivity index is 2.74. The smallest absolute Gasteiger partial charge is 0.267 e. The van der Waals surface area contributed by atoms with Gasteiger partial charge >= 0.3 is 0 Å². The van der Waals surface area contributed by atoms with Gasteiger partial charge in [0, 0.05) is 13.0 Å². The van der Waals surface area contributed by atoms with Gasteiger partial charge in [-0.2, -0.15) is 8.42 Å². The van der Waals surface area contributed by atoms with Crippen LogP contribution in [0.3, 0.4) is 0 Å². The van der Waals surface area contributed by atoms with Crippen LogP contribution in [0.1, 0.15) is 72.1 Å². The maximum Gasteiger partial charge on any atom is 0.267 e. The monoisotopic (exact) mass is 374 g/mol. The molecule has 0 spiro atoms. The molecule has 0 aliphatic heterocycles. The first-order valence-corrected chi connectivity index (χ1v) is 11.3. The van der Waals surface area contributed by atoms with Gasteiger partial charge in [0.25, 0.3) is 10.1 Å². The van der Waals surface area contributed by atoms with Gasteiger partial charge in [0.15, 0.2) is 0 Å². The molecule has 0 aromatic rings. The Hall–Kier alpha value is -0.390. The highest BCUT2D eigenvalue weighted by Crippen LogP contribution is 2.44. The molecule has 0 unspecified atom stereocenters. The molecule has 3 atom stereocenters. The lowest BCUT2D eigenvalue weighted by atomic mass is 9.65. The maximum absolute atomic E-state index is 12.1. The summed E-state index contributed by atoms with van der Waals surface area (Å²) in [6, 6.07) is 0. The summed E-state index contributed by atoms with van der Waals surface area (Å²) in [7, 11) is -0.569. The topological polar surface area (TPSA) is 52.6 Å². The van der Waals surface area contributed by atoms with Crippen LogP contribution in [-0.4, -0.2) is 34.5 Å². The van der Waals surface area contributed by atoms with Crippen LogP contribution in [0.15, 0.2) is 12.2 Å². The molecular weight excluding hydrogens is 336 g/mol. The van der Waals surface area contributed by atoms with Gasteiger partial charge in [-0.3, -0.25) is 4.18 Å². The summed E-state index contributed by atoms with van der Waals surface area (Å²) in [6.45, 7) is 6.56. The van der Waals surface area contributed by atoms with E-state index in [2.05, 4.69) is 32.9 Å². The van der Waals surface area contributed by atoms with E-state index in [-0.39, 0.29) is 29.1 Å². The van der Waals surface area contributed by atoms with Gasteiger partial charge in [-0.05, 0) is 37.0 Å². The van der Waals surface area contributed by atoms with Gasteiger partial charge in [0.2, 0.25) is 0 Å². The summed E-state index contributed by atoms with van der Waals surface area (Å²) >= 11 is 0. The van der Waals surface area contributed by atoms with Crippen molar-refractivity contribution in [2.24, 2.45) is 17.3 Å². The predicted molar refractivity (Wildman–Crippen MR) is 104 cm³/mol. The molecule has 25 heavy (non-hydrogen) atoms. The van der Waals surface area contributed by atoms with Crippen LogP contribution in [0.2, 0.25) is 0 Å². The lowest BCUT2D eigenvalue weighted by molar-refractivity contribution is -0.0699. The van der Waals surface area contributed by atoms with E-state index in [0.29, 0.717) is 0 Å². The minimum Gasteiger partial charge on any atom is -0.381 e. The second kappa shape index (κ2) is 10.7. The van der Waals surface area contributed by atoms with Gasteiger partial charge in [-0.25, -0.2) is 0 Å². The Morgan fingerprint density at radius 2 is 1.80 bits per heavy atom. The molecule has 1 saturated carbocycles. The molecule has 0 heterocycles. The van der Waals surface area contributed by atoms with E-state index in [0.717, 1.165) is 19.3 Å². The van der Waals surface area contributed by atoms with Crippen molar-refractivity contribution in [3.8, 4) is 0 Å². The molecule has 1 aliphatic carbocycles. The van der Waals surface area contributed by atoms with E-state index in [1.165, 1.54) is 39.2 Å². The fourth-order valence-corrected chi connectivity index (χ4v) is 5.11. The van der Waals surface area contributed by atoms with Crippen molar-refractivity contribution in [1.82, 2.24) is 0 Å². The number of hydrogen-bond acceptors (Lipinski definition) is 4. The second-order valence-electron chi connectivity index (χ2n) is 8.03. The molecule has 0 radical (unpaired) electrons. The Morgan fingerprint density at radius 3 is 2.40 bits per heavy atom. The number of methoxy groups -OCH3 is 1. The average molecular weight is 375 g/mol. The van der Waals surface area contributed by atoms with E-state index in [1.54, 1.807) is 7.11 Å². The van der Waals surface area contributed by atoms with Crippen molar-refractivity contribution in [3.05, 3.63) is 12.2 Å². The standard InChI is InChI=1S/C20H38O4S/c1-6-7-8-9-10-11-12-13-17-14-15-20(2,3)19(23-4)18(17)16-25(21,22)24-5/h12-13,17-19H,6-11,14-16H2,1-5H3/b13-12+/t17-,18-,19-/m1/s1. The van der Waals surface area contributed by atoms with Crippen molar-refractivity contribution in [3.63, 3.8) is 0 Å². The highest BCUT2D eigenvalue weighted by Gasteiger charge is 2.45. The van der Waals surface area contributed by atoms with Crippen molar-refractivity contribution in [1.29, 1.82) is 0 Å². The third-order valence-corrected chi connectivity index (χ3v) is 6.89. The van der Waals surface area contributed by atoms with E-state index >= 15 is 0 Å². The first-order valence-electron chi connectivity index (χ1n) is 9.75. The van der Waals surface area contributed by atoms with Crippen molar-refractivity contribution >= 4 is 10.1 Å². The Labute approximate surface area is 155 Å². The van der Waals surface area contributed by atoms with Crippen LogP contribution in [0.4, 0.5) is 0 Å². The first-order chi connectivity index (χ1) is 11.8. The zero-order chi connectivity index (χ0) is 18.9. The van der Waals surface area contributed by atoms with Crippen LogP contribution in [0.25, 0.3) is 0 Å². The van der Waals surface area contributed by atoms with E-state index < -0.39 is 10.1 Å². The van der Waals surface area contributed by atoms with Crippen LogP contribution in [0, 0.1) is 17.3 Å². The predicted octanol–water partition coefficient (Wildman–Crippen LogP) is 4.95. The lowest BCUT2D eigenvalue weighted by Gasteiger charge is -2.46. The molecule has 1 fully saturated rings. The fourth-order valence-electron chi connectivity index (χ4n) is 4.08. The molecule has 148 valence electrons. The van der Waals surface area contributed by atoms with Crippen LogP contribution >= 0.6 is 0 Å². The molecular formula is C20H38O4S. The SMILES string of the molecule is CCCCCCC/C=C/[C@@H]1CCC(C)(C)[C@H](OC)[C@@H]1CS(=O)(=O)OC. The summed E-state index contributed by atoms with van der Waals surface area (Å²) in [5.41, 5.74) is -0.0207.